The highest BCUT2D eigenvalue weighted by Crippen LogP contribution is 2.32. The van der Waals surface area contributed by atoms with Crippen molar-refractivity contribution in [2.75, 3.05) is 82.3 Å². The number of likely N-dealkylation sites (N-methyl/N-ethyl adjacent to an activating group) is 1. The number of halogens is 1. The van der Waals surface area contributed by atoms with Gasteiger partial charge < -0.3 is 24.5 Å². The summed E-state index contributed by atoms with van der Waals surface area (Å²) in [6.07, 6.45) is 11.5. The molecule has 0 N–H and O–H groups in total. The number of hydrogen-bond donors (Lipinski definition) is 0. The first-order valence-corrected chi connectivity index (χ1v) is 13.8. The average molecular weight is 546 g/mol. The lowest BCUT2D eigenvalue weighted by atomic mass is 10.0. The van der Waals surface area contributed by atoms with E-state index in [2.05, 4.69) is 38.3 Å². The SMILES string of the molecule is C=C1/C=C\C=C/CCN(CC(=O)N2CCN(c3ccc(F)cc3-c3cnc(N4CCN(C)CC4)nc3)CC2)C1=O. The second-order valence-electron chi connectivity index (χ2n) is 10.4. The molecule has 1 aromatic carbocycles. The van der Waals surface area contributed by atoms with E-state index in [1.54, 1.807) is 40.4 Å². The van der Waals surface area contributed by atoms with E-state index in [0.29, 0.717) is 50.7 Å². The third-order valence-corrected chi connectivity index (χ3v) is 7.67. The summed E-state index contributed by atoms with van der Waals surface area (Å²) < 4.78 is 14.4. The Morgan fingerprint density at radius 2 is 1.65 bits per heavy atom. The molecule has 0 spiro atoms. The predicted molar refractivity (Wildman–Crippen MR) is 155 cm³/mol. The molecule has 1 aromatic heterocycles. The number of hydrogen-bond acceptors (Lipinski definition) is 7. The Morgan fingerprint density at radius 1 is 0.950 bits per heavy atom. The number of anilines is 2. The van der Waals surface area contributed by atoms with Gasteiger partial charge in [0.2, 0.25) is 11.9 Å². The van der Waals surface area contributed by atoms with Crippen LogP contribution in [0.25, 0.3) is 11.1 Å². The molecule has 0 bridgehead atoms. The van der Waals surface area contributed by atoms with E-state index in [9.17, 15) is 14.0 Å². The van der Waals surface area contributed by atoms with E-state index in [-0.39, 0.29) is 24.2 Å². The Morgan fingerprint density at radius 3 is 2.38 bits per heavy atom. The minimum absolute atomic E-state index is 0.0261. The molecule has 3 aliphatic rings. The molecular weight excluding hydrogens is 509 g/mol. The van der Waals surface area contributed by atoms with Crippen molar-refractivity contribution in [3.63, 3.8) is 0 Å². The Hall–Kier alpha value is -4.05. The van der Waals surface area contributed by atoms with Crippen molar-refractivity contribution in [2.45, 2.75) is 6.42 Å². The number of rotatable bonds is 5. The van der Waals surface area contributed by atoms with Gasteiger partial charge in [-0.2, -0.15) is 0 Å². The standard InChI is InChI=1S/C30H36FN7O2/c1-23-7-5-3-4-6-10-38(29(23)40)22-28(39)36-17-15-35(16-18-36)27-9-8-25(31)19-26(27)24-20-32-30(33-21-24)37-13-11-34(2)12-14-37/h3-5,7-9,19-21H,1,6,10-18,22H2,2H3/b4-3-,7-5-. The number of piperazine rings is 2. The van der Waals surface area contributed by atoms with Crippen LogP contribution in [0.2, 0.25) is 0 Å². The third-order valence-electron chi connectivity index (χ3n) is 7.67. The van der Waals surface area contributed by atoms with Crippen LogP contribution in [0.3, 0.4) is 0 Å². The fourth-order valence-corrected chi connectivity index (χ4v) is 5.21. The zero-order valence-electron chi connectivity index (χ0n) is 23.0. The molecule has 3 aliphatic heterocycles. The molecule has 2 aromatic rings. The van der Waals surface area contributed by atoms with Crippen molar-refractivity contribution in [3.05, 3.63) is 72.9 Å². The third kappa shape index (κ3) is 6.39. The molecule has 2 saturated heterocycles. The molecule has 5 rings (SSSR count). The highest BCUT2D eigenvalue weighted by molar-refractivity contribution is 5.97. The summed E-state index contributed by atoms with van der Waals surface area (Å²) in [4.78, 5) is 45.0. The van der Waals surface area contributed by atoms with Gasteiger partial charge in [-0.05, 0) is 31.7 Å². The maximum atomic E-state index is 14.4. The van der Waals surface area contributed by atoms with E-state index in [0.717, 1.165) is 43.0 Å². The largest absolute Gasteiger partial charge is 0.367 e. The number of carbonyl (C=O) groups is 2. The smallest absolute Gasteiger partial charge is 0.253 e. The summed E-state index contributed by atoms with van der Waals surface area (Å²) in [6.45, 7) is 10.2. The monoisotopic (exact) mass is 545 g/mol. The van der Waals surface area contributed by atoms with Crippen LogP contribution in [0.5, 0.6) is 0 Å². The van der Waals surface area contributed by atoms with Crippen LogP contribution < -0.4 is 9.80 Å². The number of amides is 2. The van der Waals surface area contributed by atoms with Gasteiger partial charge in [0.25, 0.3) is 5.91 Å². The summed E-state index contributed by atoms with van der Waals surface area (Å²) >= 11 is 0. The molecule has 0 radical (unpaired) electrons. The minimum Gasteiger partial charge on any atom is -0.367 e. The summed E-state index contributed by atoms with van der Waals surface area (Å²) in [5.41, 5.74) is 2.73. The summed E-state index contributed by atoms with van der Waals surface area (Å²) in [5.74, 6) is 0.0615. The first-order chi connectivity index (χ1) is 19.4. The highest BCUT2D eigenvalue weighted by Gasteiger charge is 2.26. The molecule has 210 valence electrons. The first kappa shape index (κ1) is 27.5. The zero-order valence-corrected chi connectivity index (χ0v) is 23.0. The second-order valence-corrected chi connectivity index (χ2v) is 10.4. The van der Waals surface area contributed by atoms with Gasteiger partial charge in [0, 0.05) is 93.7 Å². The van der Waals surface area contributed by atoms with Crippen LogP contribution in [0.15, 0.2) is 67.0 Å². The molecule has 0 atom stereocenters. The highest BCUT2D eigenvalue weighted by atomic mass is 19.1. The molecule has 0 aliphatic carbocycles. The first-order valence-electron chi connectivity index (χ1n) is 13.8. The van der Waals surface area contributed by atoms with Crippen LogP contribution in [0.1, 0.15) is 6.42 Å². The molecule has 0 saturated carbocycles. The van der Waals surface area contributed by atoms with Gasteiger partial charge >= 0.3 is 0 Å². The normalized spacial score (nSPS) is 20.6. The Kier molecular flexibility index (Phi) is 8.54. The van der Waals surface area contributed by atoms with Crippen molar-refractivity contribution in [3.8, 4) is 11.1 Å². The lowest BCUT2D eigenvalue weighted by Crippen LogP contribution is -2.52. The van der Waals surface area contributed by atoms with Gasteiger partial charge in [0.05, 0.1) is 0 Å². The van der Waals surface area contributed by atoms with Gasteiger partial charge in [-0.1, -0.05) is 30.9 Å². The molecule has 2 amide bonds. The van der Waals surface area contributed by atoms with Crippen LogP contribution in [-0.2, 0) is 9.59 Å². The van der Waals surface area contributed by atoms with E-state index in [4.69, 9.17) is 0 Å². The lowest BCUT2D eigenvalue weighted by Gasteiger charge is -2.38. The summed E-state index contributed by atoms with van der Waals surface area (Å²) in [5, 5.41) is 0. The minimum atomic E-state index is -0.323. The Labute approximate surface area is 234 Å². The average Bonchev–Trinajstić information content (AvgIpc) is 3.05. The fraction of sp³-hybridized carbons (Fsp3) is 0.400. The molecule has 10 heteroatoms. The molecule has 2 fully saturated rings. The van der Waals surface area contributed by atoms with E-state index < -0.39 is 0 Å². The number of allylic oxidation sites excluding steroid dienone is 2. The summed E-state index contributed by atoms with van der Waals surface area (Å²) in [7, 11) is 2.11. The molecular formula is C30H36FN7O2. The molecule has 40 heavy (non-hydrogen) atoms. The lowest BCUT2D eigenvalue weighted by molar-refractivity contribution is -0.138. The van der Waals surface area contributed by atoms with Crippen LogP contribution >= 0.6 is 0 Å². The summed E-state index contributed by atoms with van der Waals surface area (Å²) in [6, 6.07) is 4.76. The van der Waals surface area contributed by atoms with Crippen molar-refractivity contribution in [2.24, 2.45) is 0 Å². The second kappa shape index (κ2) is 12.4. The van der Waals surface area contributed by atoms with Crippen LogP contribution in [0, 0.1) is 5.82 Å². The van der Waals surface area contributed by atoms with Crippen LogP contribution in [0.4, 0.5) is 16.0 Å². The van der Waals surface area contributed by atoms with E-state index in [1.807, 2.05) is 12.2 Å². The molecule has 9 nitrogen and oxygen atoms in total. The van der Waals surface area contributed by atoms with Gasteiger partial charge in [-0.3, -0.25) is 9.59 Å². The van der Waals surface area contributed by atoms with Gasteiger partial charge in [0.15, 0.2) is 0 Å². The van der Waals surface area contributed by atoms with Gasteiger partial charge in [0.1, 0.15) is 12.4 Å². The maximum absolute atomic E-state index is 14.4. The predicted octanol–water partition coefficient (Wildman–Crippen LogP) is 2.58. The number of nitrogens with zero attached hydrogens (tertiary/aromatic N) is 7. The van der Waals surface area contributed by atoms with E-state index in [1.165, 1.54) is 12.1 Å². The van der Waals surface area contributed by atoms with Crippen molar-refractivity contribution >= 4 is 23.5 Å². The Balaban J connectivity index is 1.24. The Bertz CT molecular complexity index is 1290. The number of benzene rings is 1. The maximum Gasteiger partial charge on any atom is 0.253 e. The van der Waals surface area contributed by atoms with Gasteiger partial charge in [-0.15, -0.1) is 0 Å². The van der Waals surface area contributed by atoms with Crippen molar-refractivity contribution in [1.82, 2.24) is 24.7 Å². The quantitative estimate of drug-likeness (QED) is 0.535. The zero-order chi connectivity index (χ0) is 28.1. The number of carbonyl (C=O) groups excluding carboxylic acids is 2. The number of aromatic nitrogens is 2. The van der Waals surface area contributed by atoms with Gasteiger partial charge in [-0.25, -0.2) is 14.4 Å². The van der Waals surface area contributed by atoms with Crippen molar-refractivity contribution < 1.29 is 14.0 Å². The molecule has 0 unspecified atom stereocenters. The van der Waals surface area contributed by atoms with Crippen LogP contribution in [-0.4, -0.2) is 109 Å². The van der Waals surface area contributed by atoms with Crippen molar-refractivity contribution in [1.29, 1.82) is 0 Å². The topological polar surface area (TPSA) is 76.1 Å². The fourth-order valence-electron chi connectivity index (χ4n) is 5.21. The molecule has 4 heterocycles. The van der Waals surface area contributed by atoms with E-state index >= 15 is 0 Å².